The number of fused-ring (bicyclic) bond motifs is 1. The summed E-state index contributed by atoms with van der Waals surface area (Å²) in [5.41, 5.74) is 2.73. The fraction of sp³-hybridized carbons (Fsp3) is 0.500. The molecule has 1 fully saturated rings. The van der Waals surface area contributed by atoms with E-state index >= 15 is 0 Å². The number of hydrogen-bond acceptors (Lipinski definition) is 4. The topological polar surface area (TPSA) is 87.8 Å². The Labute approximate surface area is 133 Å². The number of amides is 1. The first-order valence-corrected chi connectivity index (χ1v) is 7.74. The van der Waals surface area contributed by atoms with Gasteiger partial charge in [0.25, 0.3) is 5.91 Å². The first kappa shape index (κ1) is 15.5. The lowest BCUT2D eigenvalue weighted by atomic mass is 9.93. The minimum absolute atomic E-state index is 0.0209. The number of hydrogen-bond donors (Lipinski definition) is 1. The Hall–Kier alpha value is -2.44. The smallest absolute Gasteiger partial charge is 0.308 e. The predicted octanol–water partition coefficient (Wildman–Crippen LogP) is 1.67. The van der Waals surface area contributed by atoms with E-state index in [4.69, 9.17) is 0 Å². The molecule has 3 rings (SSSR count). The summed E-state index contributed by atoms with van der Waals surface area (Å²) in [5.74, 6) is -1.52. The van der Waals surface area contributed by atoms with Gasteiger partial charge < -0.3 is 10.0 Å². The van der Waals surface area contributed by atoms with Crippen LogP contribution in [0, 0.1) is 19.8 Å². The van der Waals surface area contributed by atoms with Crippen molar-refractivity contribution in [2.75, 3.05) is 6.54 Å². The summed E-state index contributed by atoms with van der Waals surface area (Å²) < 4.78 is 1.66. The fourth-order valence-corrected chi connectivity index (χ4v) is 3.12. The average molecular weight is 316 g/mol. The van der Waals surface area contributed by atoms with Gasteiger partial charge in [0.05, 0.1) is 22.9 Å². The second-order valence-corrected chi connectivity index (χ2v) is 6.23. The van der Waals surface area contributed by atoms with Gasteiger partial charge in [0.2, 0.25) is 0 Å². The van der Waals surface area contributed by atoms with Crippen molar-refractivity contribution in [1.82, 2.24) is 19.5 Å². The fourth-order valence-electron chi connectivity index (χ4n) is 3.12. The second kappa shape index (κ2) is 5.64. The van der Waals surface area contributed by atoms with Gasteiger partial charge in [-0.25, -0.2) is 9.50 Å². The summed E-state index contributed by atoms with van der Waals surface area (Å²) in [6, 6.07) is 1.87. The number of piperidine rings is 1. The van der Waals surface area contributed by atoms with Crippen LogP contribution >= 0.6 is 0 Å². The number of carbonyl (C=O) groups is 2. The number of aryl methyl sites for hydroxylation is 2. The molecule has 2 atom stereocenters. The molecular formula is C16H20N4O3. The van der Waals surface area contributed by atoms with Crippen LogP contribution < -0.4 is 0 Å². The molecule has 1 saturated heterocycles. The summed E-state index contributed by atoms with van der Waals surface area (Å²) in [5, 5.41) is 13.6. The number of carboxylic acids is 1. The average Bonchev–Trinajstić information content (AvgIpc) is 2.88. The summed E-state index contributed by atoms with van der Waals surface area (Å²) in [6.45, 7) is 5.90. The highest BCUT2D eigenvalue weighted by Gasteiger charge is 2.33. The van der Waals surface area contributed by atoms with Gasteiger partial charge in [-0.2, -0.15) is 5.10 Å². The Morgan fingerprint density at radius 2 is 2.04 bits per heavy atom. The molecule has 2 aromatic rings. The molecule has 122 valence electrons. The number of rotatable bonds is 2. The van der Waals surface area contributed by atoms with Crippen molar-refractivity contribution in [2.24, 2.45) is 5.92 Å². The highest BCUT2D eigenvalue weighted by molar-refractivity contribution is 5.95. The highest BCUT2D eigenvalue weighted by atomic mass is 16.4. The molecule has 2 aromatic heterocycles. The molecule has 0 saturated carbocycles. The Balaban J connectivity index is 1.95. The van der Waals surface area contributed by atoms with E-state index in [2.05, 4.69) is 10.1 Å². The predicted molar refractivity (Wildman–Crippen MR) is 83.3 cm³/mol. The van der Waals surface area contributed by atoms with E-state index in [0.29, 0.717) is 24.1 Å². The molecule has 1 N–H and O–H groups in total. The quantitative estimate of drug-likeness (QED) is 0.910. The molecule has 0 spiro atoms. The number of carbonyl (C=O) groups excluding carboxylic acids is 1. The summed E-state index contributed by atoms with van der Waals surface area (Å²) >= 11 is 0. The third-order valence-electron chi connectivity index (χ3n) is 4.57. The van der Waals surface area contributed by atoms with E-state index in [1.807, 2.05) is 26.8 Å². The Morgan fingerprint density at radius 1 is 1.30 bits per heavy atom. The molecule has 3 heterocycles. The molecule has 0 radical (unpaired) electrons. The van der Waals surface area contributed by atoms with Gasteiger partial charge in [0.15, 0.2) is 5.65 Å². The molecule has 0 aromatic carbocycles. The molecule has 0 bridgehead atoms. The van der Waals surface area contributed by atoms with E-state index in [9.17, 15) is 14.7 Å². The lowest BCUT2D eigenvalue weighted by Crippen LogP contribution is -2.47. The zero-order valence-electron chi connectivity index (χ0n) is 13.5. The Kier molecular flexibility index (Phi) is 3.79. The van der Waals surface area contributed by atoms with Crippen molar-refractivity contribution in [3.05, 3.63) is 29.2 Å². The van der Waals surface area contributed by atoms with Crippen molar-refractivity contribution in [1.29, 1.82) is 0 Å². The monoisotopic (exact) mass is 316 g/mol. The third-order valence-corrected chi connectivity index (χ3v) is 4.57. The molecule has 1 amide bonds. The first-order chi connectivity index (χ1) is 10.9. The maximum absolute atomic E-state index is 12.9. The van der Waals surface area contributed by atoms with Gasteiger partial charge in [0.1, 0.15) is 0 Å². The molecule has 0 aliphatic carbocycles. The Bertz CT molecular complexity index is 783. The van der Waals surface area contributed by atoms with E-state index in [1.54, 1.807) is 15.6 Å². The van der Waals surface area contributed by atoms with Gasteiger partial charge in [0, 0.05) is 24.8 Å². The van der Waals surface area contributed by atoms with Gasteiger partial charge in [-0.15, -0.1) is 0 Å². The molecule has 2 unspecified atom stereocenters. The first-order valence-electron chi connectivity index (χ1n) is 7.74. The van der Waals surface area contributed by atoms with E-state index in [0.717, 1.165) is 11.4 Å². The SMILES string of the molecule is Cc1cc2ncc(C(=O)N3CC(C(=O)O)CCC3C)c(C)n2n1. The van der Waals surface area contributed by atoms with Crippen LogP contribution in [0.4, 0.5) is 0 Å². The van der Waals surface area contributed by atoms with Crippen LogP contribution in [0.3, 0.4) is 0 Å². The highest BCUT2D eigenvalue weighted by Crippen LogP contribution is 2.24. The van der Waals surface area contributed by atoms with Crippen LogP contribution in [0.15, 0.2) is 12.3 Å². The van der Waals surface area contributed by atoms with E-state index < -0.39 is 11.9 Å². The van der Waals surface area contributed by atoms with E-state index in [-0.39, 0.29) is 18.5 Å². The van der Waals surface area contributed by atoms with Crippen molar-refractivity contribution >= 4 is 17.5 Å². The molecule has 1 aliphatic heterocycles. The van der Waals surface area contributed by atoms with Crippen LogP contribution in [0.25, 0.3) is 5.65 Å². The van der Waals surface area contributed by atoms with Crippen molar-refractivity contribution in [3.8, 4) is 0 Å². The maximum atomic E-state index is 12.9. The van der Waals surface area contributed by atoms with E-state index in [1.165, 1.54) is 0 Å². The van der Waals surface area contributed by atoms with Crippen LogP contribution in [0.5, 0.6) is 0 Å². The van der Waals surface area contributed by atoms with Crippen molar-refractivity contribution in [3.63, 3.8) is 0 Å². The number of carboxylic acid groups (broad SMARTS) is 1. The zero-order chi connectivity index (χ0) is 16.7. The standard InChI is InChI=1S/C16H20N4O3/c1-9-6-14-17-7-13(11(3)20(14)18-9)15(21)19-8-12(16(22)23)5-4-10(19)2/h6-7,10,12H,4-5,8H2,1-3H3,(H,22,23). The van der Waals surface area contributed by atoms with Crippen LogP contribution in [-0.4, -0.2) is 49.1 Å². The lowest BCUT2D eigenvalue weighted by Gasteiger charge is -2.36. The Morgan fingerprint density at radius 3 is 2.74 bits per heavy atom. The molecule has 7 nitrogen and oxygen atoms in total. The minimum atomic E-state index is -0.845. The number of aromatic nitrogens is 3. The van der Waals surface area contributed by atoms with Crippen molar-refractivity contribution < 1.29 is 14.7 Å². The zero-order valence-corrected chi connectivity index (χ0v) is 13.5. The molecule has 23 heavy (non-hydrogen) atoms. The number of nitrogens with zero attached hydrogens (tertiary/aromatic N) is 4. The lowest BCUT2D eigenvalue weighted by molar-refractivity contribution is -0.143. The second-order valence-electron chi connectivity index (χ2n) is 6.23. The molecular weight excluding hydrogens is 296 g/mol. The van der Waals surface area contributed by atoms with Gasteiger partial charge >= 0.3 is 5.97 Å². The van der Waals surface area contributed by atoms with Crippen LogP contribution in [-0.2, 0) is 4.79 Å². The molecule has 1 aliphatic rings. The van der Waals surface area contributed by atoms with Gasteiger partial charge in [-0.3, -0.25) is 9.59 Å². The van der Waals surface area contributed by atoms with Crippen LogP contribution in [0.1, 0.15) is 41.5 Å². The maximum Gasteiger partial charge on any atom is 0.308 e. The minimum Gasteiger partial charge on any atom is -0.481 e. The largest absolute Gasteiger partial charge is 0.481 e. The normalized spacial score (nSPS) is 21.6. The third kappa shape index (κ3) is 2.67. The number of aliphatic carboxylic acids is 1. The van der Waals surface area contributed by atoms with Crippen LogP contribution in [0.2, 0.25) is 0 Å². The summed E-state index contributed by atoms with van der Waals surface area (Å²) in [6.07, 6.45) is 2.86. The number of likely N-dealkylation sites (tertiary alicyclic amines) is 1. The molecule has 7 heteroatoms. The summed E-state index contributed by atoms with van der Waals surface area (Å²) in [4.78, 5) is 30.1. The summed E-state index contributed by atoms with van der Waals surface area (Å²) in [7, 11) is 0. The van der Waals surface area contributed by atoms with Gasteiger partial charge in [-0.05, 0) is 33.6 Å². The van der Waals surface area contributed by atoms with Crippen molar-refractivity contribution in [2.45, 2.75) is 39.7 Å². The van der Waals surface area contributed by atoms with Gasteiger partial charge in [-0.1, -0.05) is 0 Å².